The maximum Gasteiger partial charge on any atom is 0.227 e. The smallest absolute Gasteiger partial charge is 0.227 e. The minimum absolute atomic E-state index is 0. The zero-order valence-corrected chi connectivity index (χ0v) is 28.9. The summed E-state index contributed by atoms with van der Waals surface area (Å²) in [5.41, 5.74) is 6.33. The summed E-state index contributed by atoms with van der Waals surface area (Å²) in [6.07, 6.45) is 3.10. The van der Waals surface area contributed by atoms with Gasteiger partial charge in [0, 0.05) is 46.9 Å². The van der Waals surface area contributed by atoms with Gasteiger partial charge in [-0.2, -0.15) is 0 Å². The van der Waals surface area contributed by atoms with Gasteiger partial charge in [0.25, 0.3) is 0 Å². The van der Waals surface area contributed by atoms with Gasteiger partial charge >= 0.3 is 0 Å². The van der Waals surface area contributed by atoms with Gasteiger partial charge in [-0.1, -0.05) is 96.9 Å². The predicted octanol–water partition coefficient (Wildman–Crippen LogP) is 7.86. The number of hydrogen-bond acceptors (Lipinski definition) is 5. The number of aromatic nitrogens is 1. The third-order valence-electron chi connectivity index (χ3n) is 7.78. The number of carbonyl (C=O) groups excluding carboxylic acids is 1. The van der Waals surface area contributed by atoms with Crippen molar-refractivity contribution in [3.05, 3.63) is 96.9 Å². The van der Waals surface area contributed by atoms with Crippen LogP contribution in [0, 0.1) is 17.9 Å². The molecule has 6 rings (SSSR count). The van der Waals surface area contributed by atoms with E-state index in [1.165, 1.54) is 36.0 Å². The fourth-order valence-corrected chi connectivity index (χ4v) is 7.94. The summed E-state index contributed by atoms with van der Waals surface area (Å²) < 4.78 is 23.8. The second kappa shape index (κ2) is 15.4. The summed E-state index contributed by atoms with van der Waals surface area (Å²) in [6.45, 7) is 7.18. The van der Waals surface area contributed by atoms with E-state index < -0.39 is 29.4 Å². The van der Waals surface area contributed by atoms with Crippen LogP contribution in [0.1, 0.15) is 57.5 Å². The summed E-state index contributed by atoms with van der Waals surface area (Å²) >= 11 is 3.72. The fraction of sp³-hybridized carbons (Fsp3) is 0.278. The average molecular weight is 786 g/mol. The van der Waals surface area contributed by atoms with Gasteiger partial charge < -0.3 is 10.1 Å². The number of carbonyl (C=O) groups is 1. The molecule has 0 unspecified atom stereocenters. The topological polar surface area (TPSA) is 50.2 Å². The van der Waals surface area contributed by atoms with Crippen molar-refractivity contribution in [2.75, 3.05) is 0 Å². The van der Waals surface area contributed by atoms with Crippen LogP contribution in [0.3, 0.4) is 0 Å². The van der Waals surface area contributed by atoms with Crippen LogP contribution >= 0.6 is 23.5 Å². The van der Waals surface area contributed by atoms with Crippen LogP contribution in [0.2, 0.25) is 0 Å². The molecule has 0 aliphatic carbocycles. The van der Waals surface area contributed by atoms with E-state index in [0.29, 0.717) is 25.7 Å². The molecule has 0 bridgehead atoms. The molecule has 0 fully saturated rings. The number of aliphatic hydroxyl groups is 1. The van der Waals surface area contributed by atoms with Crippen molar-refractivity contribution in [3.63, 3.8) is 0 Å². The zero-order chi connectivity index (χ0) is 32.4. The average Bonchev–Trinajstić information content (AvgIpc) is 3.10. The first-order chi connectivity index (χ1) is 21.6. The first kappa shape index (κ1) is 29.2. The summed E-state index contributed by atoms with van der Waals surface area (Å²) in [4.78, 5) is 22.0. The maximum atomic E-state index is 12.1. The van der Waals surface area contributed by atoms with E-state index >= 15 is 0 Å². The van der Waals surface area contributed by atoms with Crippen LogP contribution < -0.4 is 16.4 Å². The zero-order valence-electron chi connectivity index (χ0n) is 27.9. The van der Waals surface area contributed by atoms with Gasteiger partial charge in [0.05, 0.1) is 7.13 Å². The molecule has 0 amide bonds. The molecule has 3 aromatic carbocycles. The number of ketones is 1. The molecular weight excluding hydrogens is 746 g/mol. The largest absolute Gasteiger partial charge is 0.512 e. The molecule has 2 aliphatic rings. The Morgan fingerprint density at radius 3 is 2.07 bits per heavy atom. The van der Waals surface area contributed by atoms with E-state index in [0.717, 1.165) is 11.3 Å². The van der Waals surface area contributed by atoms with Gasteiger partial charge in [-0.25, -0.2) is 0 Å². The molecule has 1 aromatic heterocycles. The fourth-order valence-electron chi connectivity index (χ4n) is 5.46. The Bertz CT molecular complexity index is 1740. The van der Waals surface area contributed by atoms with Gasteiger partial charge in [-0.3, -0.25) is 4.79 Å². The van der Waals surface area contributed by atoms with Gasteiger partial charge in [-0.05, 0) is 59.4 Å². The molecule has 0 atom stereocenters. The van der Waals surface area contributed by atoms with Crippen LogP contribution in [-0.2, 0) is 24.9 Å². The number of fused-ring (bicyclic) bond motifs is 4. The number of allylic oxidation sites excluding steroid dienone is 2. The van der Waals surface area contributed by atoms with Gasteiger partial charge in [-0.15, -0.1) is 46.7 Å². The minimum Gasteiger partial charge on any atom is -0.512 e. The van der Waals surface area contributed by atoms with Crippen molar-refractivity contribution in [2.45, 2.75) is 73.0 Å². The summed E-state index contributed by atoms with van der Waals surface area (Å²) in [5.74, 6) is -3.86. The quantitative estimate of drug-likeness (QED) is 0.0738. The molecule has 7 heteroatoms. The van der Waals surface area contributed by atoms with Crippen molar-refractivity contribution in [1.82, 2.24) is 4.98 Å². The van der Waals surface area contributed by atoms with Gasteiger partial charge in [0.1, 0.15) is 0 Å². The molecule has 3 nitrogen and oxygen atoms in total. The first-order valence-corrected chi connectivity index (χ1v) is 16.2. The van der Waals surface area contributed by atoms with Crippen LogP contribution in [0.15, 0.2) is 110 Å². The second-order valence-electron chi connectivity index (χ2n) is 10.1. The third-order valence-corrected chi connectivity index (χ3v) is 10.2. The molecule has 2 aliphatic heterocycles. The van der Waals surface area contributed by atoms with E-state index in [4.69, 9.17) is 4.11 Å². The van der Waals surface area contributed by atoms with Crippen molar-refractivity contribution < 1.29 is 34.1 Å². The Balaban J connectivity index is 0.000000225. The van der Waals surface area contributed by atoms with E-state index in [1.807, 2.05) is 41.9 Å². The standard InChI is InChI=1S/C23H13BNS2.C13H24O2.Ir/c1-3-10-19-16(7-1)24-17-8-2-4-11-20(17)27-23-15(18-9-5-6-14-25-18)12-13-21(26-19)22(23)24;1-5-10(6-2)12(14)9-13(15)11(7-3)8-4;/h1-11,13-14H;9-11,14H,5-8H2,1-4H3;/q-1;;/b;12-9-;/i;9D,10D,11D;. The molecule has 0 saturated carbocycles. The van der Waals surface area contributed by atoms with E-state index in [-0.39, 0.29) is 26.8 Å². The molecule has 3 heterocycles. The van der Waals surface area contributed by atoms with Gasteiger partial charge in [0.2, 0.25) is 6.71 Å². The van der Waals surface area contributed by atoms with Crippen molar-refractivity contribution in [3.8, 4) is 11.3 Å². The Labute approximate surface area is 283 Å². The van der Waals surface area contributed by atoms with Gasteiger partial charge in [0.15, 0.2) is 5.78 Å². The molecule has 0 spiro atoms. The first-order valence-electron chi connectivity index (χ1n) is 16.1. The van der Waals surface area contributed by atoms with E-state index in [9.17, 15) is 9.90 Å². The number of aliphatic hydroxyl groups excluding tert-OH is 1. The Kier molecular flexibility index (Phi) is 10.5. The Morgan fingerprint density at radius 2 is 1.49 bits per heavy atom. The van der Waals surface area contributed by atoms with Crippen LogP contribution in [0.5, 0.6) is 0 Å². The molecule has 223 valence electrons. The third kappa shape index (κ3) is 7.07. The number of nitrogens with zero attached hydrogens (tertiary/aromatic N) is 1. The van der Waals surface area contributed by atoms with Crippen LogP contribution in [0.25, 0.3) is 11.3 Å². The van der Waals surface area contributed by atoms with E-state index in [1.54, 1.807) is 27.7 Å². The molecule has 1 N–H and O–H groups in total. The Morgan fingerprint density at radius 1 is 0.907 bits per heavy atom. The van der Waals surface area contributed by atoms with Crippen molar-refractivity contribution in [2.24, 2.45) is 11.8 Å². The normalized spacial score (nSPS) is 14.6. The SMILES string of the molecule is [2H]/C(C(=O)C([2H])(CC)CC)=C(/O)C([2H])(CC)CC.[Ir].[c-]1cc2c3c(c1-c1ccccn1)Sc1ccccc1B3c1ccccc1S2. The monoisotopic (exact) mass is 786 g/mol. The number of benzene rings is 3. The Hall–Kier alpha value is -2.57. The minimum atomic E-state index is -1.37. The maximum absolute atomic E-state index is 12.1. The van der Waals surface area contributed by atoms with Crippen LogP contribution in [0.4, 0.5) is 0 Å². The summed E-state index contributed by atoms with van der Waals surface area (Å²) in [5, 5.41) is 9.96. The van der Waals surface area contributed by atoms with E-state index in [2.05, 4.69) is 71.7 Å². The molecule has 1 radical (unpaired) electrons. The molecule has 4 aromatic rings. The number of rotatable bonds is 8. The second-order valence-corrected chi connectivity index (χ2v) is 12.3. The molecular formula is C36H37BIrNO2S2-. The predicted molar refractivity (Wildman–Crippen MR) is 178 cm³/mol. The molecule has 0 saturated heterocycles. The summed E-state index contributed by atoms with van der Waals surface area (Å²) in [7, 11) is 0. The van der Waals surface area contributed by atoms with Crippen molar-refractivity contribution in [1.29, 1.82) is 0 Å². The summed E-state index contributed by atoms with van der Waals surface area (Å²) in [6, 6.07) is 28.8. The van der Waals surface area contributed by atoms with Crippen LogP contribution in [-0.4, -0.2) is 22.6 Å². The number of hydrogen-bond donors (Lipinski definition) is 1. The molecule has 43 heavy (non-hydrogen) atoms. The number of pyridine rings is 1. The van der Waals surface area contributed by atoms with Crippen molar-refractivity contribution >= 4 is 52.4 Å².